The van der Waals surface area contributed by atoms with Crippen molar-refractivity contribution in [2.45, 2.75) is 45.1 Å². The van der Waals surface area contributed by atoms with Gasteiger partial charge in [-0.25, -0.2) is 13.6 Å². The maximum Gasteiger partial charge on any atom is 0.305 e. The molecular weight excluding hydrogens is 320 g/mol. The Morgan fingerprint density at radius 3 is 2.26 bits per heavy atom. The first kappa shape index (κ1) is 19.1. The molecule has 1 rings (SSSR count). The molecule has 0 bridgehead atoms. The van der Waals surface area contributed by atoms with E-state index in [1.807, 2.05) is 0 Å². The lowest BCUT2D eigenvalue weighted by molar-refractivity contribution is -0.137. The third-order valence-corrected chi connectivity index (χ3v) is 4.66. The Labute approximate surface area is 136 Å². The van der Waals surface area contributed by atoms with Crippen molar-refractivity contribution in [3.63, 3.8) is 0 Å². The predicted molar refractivity (Wildman–Crippen MR) is 85.7 cm³/mol. The second-order valence-corrected chi connectivity index (χ2v) is 7.23. The normalized spacial score (nSPS) is 11.6. The van der Waals surface area contributed by atoms with Crippen LogP contribution in [0.3, 0.4) is 0 Å². The minimum Gasteiger partial charge on any atom is -0.481 e. The van der Waals surface area contributed by atoms with E-state index in [-0.39, 0.29) is 29.5 Å². The molecule has 23 heavy (non-hydrogen) atoms. The molecular formula is C15H22N2O5S. The number of rotatable bonds is 6. The highest BCUT2D eigenvalue weighted by Crippen LogP contribution is 2.21. The fourth-order valence-electron chi connectivity index (χ4n) is 2.22. The van der Waals surface area contributed by atoms with Crippen molar-refractivity contribution < 1.29 is 23.1 Å². The smallest absolute Gasteiger partial charge is 0.305 e. The second-order valence-electron chi connectivity index (χ2n) is 5.70. The quantitative estimate of drug-likeness (QED) is 0.807. The first-order valence-corrected chi connectivity index (χ1v) is 8.66. The molecule has 128 valence electrons. The Kier molecular flexibility index (Phi) is 5.90. The number of sulfonamides is 1. The summed E-state index contributed by atoms with van der Waals surface area (Å²) in [4.78, 5) is 24.7. The zero-order valence-electron chi connectivity index (χ0n) is 13.7. The summed E-state index contributed by atoms with van der Waals surface area (Å²) in [6, 6.07) is 2.61. The number of nitrogens with two attached hydrogens (primary N) is 1. The van der Waals surface area contributed by atoms with E-state index in [0.717, 1.165) is 0 Å². The number of nitrogens with zero attached hydrogens (tertiary/aromatic N) is 1. The van der Waals surface area contributed by atoms with E-state index in [2.05, 4.69) is 0 Å². The molecule has 0 saturated carbocycles. The van der Waals surface area contributed by atoms with Crippen LogP contribution in [0.1, 0.15) is 41.8 Å². The molecule has 0 unspecified atom stereocenters. The van der Waals surface area contributed by atoms with Crippen LogP contribution in [0, 0.1) is 13.8 Å². The van der Waals surface area contributed by atoms with Crippen molar-refractivity contribution in [2.24, 2.45) is 5.14 Å². The minimum absolute atomic E-state index is 0.0451. The molecule has 0 fully saturated rings. The van der Waals surface area contributed by atoms with Gasteiger partial charge in [0.05, 0.1) is 11.3 Å². The van der Waals surface area contributed by atoms with Crippen LogP contribution in [0.2, 0.25) is 0 Å². The lowest BCUT2D eigenvalue weighted by atomic mass is 10.0. The molecule has 0 spiro atoms. The standard InChI is InChI=1S/C15H22N2O5S/c1-9(2)17(6-5-14(18)19)15(20)12-7-10(3)11(4)13(8-12)23(16,21)22/h7-9H,5-6H2,1-4H3,(H,18,19)(H2,16,21,22). The van der Waals surface area contributed by atoms with E-state index in [0.29, 0.717) is 11.1 Å². The van der Waals surface area contributed by atoms with E-state index in [4.69, 9.17) is 10.2 Å². The van der Waals surface area contributed by atoms with Crippen LogP contribution in [0.25, 0.3) is 0 Å². The SMILES string of the molecule is Cc1cc(C(=O)N(CCC(=O)O)C(C)C)cc(S(N)(=O)=O)c1C. The molecule has 7 nitrogen and oxygen atoms in total. The van der Waals surface area contributed by atoms with Gasteiger partial charge in [-0.15, -0.1) is 0 Å². The van der Waals surface area contributed by atoms with Crippen LogP contribution in [0.15, 0.2) is 17.0 Å². The Balaban J connectivity index is 3.30. The van der Waals surface area contributed by atoms with Crippen molar-refractivity contribution >= 4 is 21.9 Å². The maximum absolute atomic E-state index is 12.6. The molecule has 1 aromatic rings. The number of carboxylic acid groups (broad SMARTS) is 1. The molecule has 0 heterocycles. The Hall–Kier alpha value is -1.93. The molecule has 3 N–H and O–H groups in total. The lowest BCUT2D eigenvalue weighted by Gasteiger charge is -2.26. The van der Waals surface area contributed by atoms with Gasteiger partial charge >= 0.3 is 5.97 Å². The number of hydrogen-bond acceptors (Lipinski definition) is 4. The van der Waals surface area contributed by atoms with E-state index in [1.165, 1.54) is 11.0 Å². The minimum atomic E-state index is -3.95. The maximum atomic E-state index is 12.6. The van der Waals surface area contributed by atoms with Gasteiger partial charge in [0.2, 0.25) is 10.0 Å². The zero-order valence-corrected chi connectivity index (χ0v) is 14.5. The summed E-state index contributed by atoms with van der Waals surface area (Å²) in [5, 5.41) is 14.0. The molecule has 0 saturated heterocycles. The highest BCUT2D eigenvalue weighted by Gasteiger charge is 2.23. The van der Waals surface area contributed by atoms with Gasteiger partial charge in [0.25, 0.3) is 5.91 Å². The number of carboxylic acids is 1. The van der Waals surface area contributed by atoms with E-state index in [9.17, 15) is 18.0 Å². The molecule has 1 amide bonds. The molecule has 0 aliphatic heterocycles. The fourth-order valence-corrected chi connectivity index (χ4v) is 3.10. The van der Waals surface area contributed by atoms with Crippen LogP contribution < -0.4 is 5.14 Å². The van der Waals surface area contributed by atoms with Crippen LogP contribution >= 0.6 is 0 Å². The van der Waals surface area contributed by atoms with Gasteiger partial charge < -0.3 is 10.0 Å². The summed E-state index contributed by atoms with van der Waals surface area (Å²) in [5.74, 6) is -1.43. The van der Waals surface area contributed by atoms with Crippen molar-refractivity contribution in [2.75, 3.05) is 6.54 Å². The van der Waals surface area contributed by atoms with Crippen molar-refractivity contribution in [3.8, 4) is 0 Å². The monoisotopic (exact) mass is 342 g/mol. The van der Waals surface area contributed by atoms with E-state index >= 15 is 0 Å². The number of hydrogen-bond donors (Lipinski definition) is 2. The number of carbonyl (C=O) groups is 2. The lowest BCUT2D eigenvalue weighted by Crippen LogP contribution is -2.38. The van der Waals surface area contributed by atoms with Crippen molar-refractivity contribution in [1.29, 1.82) is 0 Å². The first-order valence-electron chi connectivity index (χ1n) is 7.12. The molecule has 0 aliphatic rings. The number of aliphatic carboxylic acids is 1. The third-order valence-electron chi connectivity index (χ3n) is 3.62. The fraction of sp³-hybridized carbons (Fsp3) is 0.467. The Morgan fingerprint density at radius 2 is 1.83 bits per heavy atom. The Bertz CT molecular complexity index is 726. The summed E-state index contributed by atoms with van der Waals surface area (Å²) < 4.78 is 23.3. The third kappa shape index (κ3) is 4.77. The van der Waals surface area contributed by atoms with E-state index < -0.39 is 21.9 Å². The number of carbonyl (C=O) groups excluding carboxylic acids is 1. The highest BCUT2D eigenvalue weighted by molar-refractivity contribution is 7.89. The molecule has 0 aliphatic carbocycles. The van der Waals surface area contributed by atoms with Crippen molar-refractivity contribution in [3.05, 3.63) is 28.8 Å². The number of aryl methyl sites for hydroxylation is 1. The second kappa shape index (κ2) is 7.10. The molecule has 0 radical (unpaired) electrons. The van der Waals surface area contributed by atoms with Crippen molar-refractivity contribution in [1.82, 2.24) is 4.90 Å². The summed E-state index contributed by atoms with van der Waals surface area (Å²) in [7, 11) is -3.95. The zero-order chi connectivity index (χ0) is 17.9. The summed E-state index contributed by atoms with van der Waals surface area (Å²) in [5.41, 5.74) is 1.30. The molecule has 0 aromatic heterocycles. The van der Waals surface area contributed by atoms with Gasteiger partial charge in [-0.05, 0) is 51.0 Å². The molecule has 0 atom stereocenters. The number of primary sulfonamides is 1. The average Bonchev–Trinajstić information content (AvgIpc) is 2.39. The highest BCUT2D eigenvalue weighted by atomic mass is 32.2. The molecule has 1 aromatic carbocycles. The van der Waals surface area contributed by atoms with Gasteiger partial charge in [-0.1, -0.05) is 0 Å². The number of amides is 1. The Morgan fingerprint density at radius 1 is 1.26 bits per heavy atom. The summed E-state index contributed by atoms with van der Waals surface area (Å²) in [6.45, 7) is 6.89. The average molecular weight is 342 g/mol. The van der Waals surface area contributed by atoms with Gasteiger partial charge in [-0.3, -0.25) is 9.59 Å². The van der Waals surface area contributed by atoms with Gasteiger partial charge in [0.1, 0.15) is 0 Å². The van der Waals surface area contributed by atoms with Crippen LogP contribution in [-0.2, 0) is 14.8 Å². The van der Waals surface area contributed by atoms with Crippen LogP contribution in [-0.4, -0.2) is 42.9 Å². The van der Waals surface area contributed by atoms with Crippen LogP contribution in [0.5, 0.6) is 0 Å². The van der Waals surface area contributed by atoms with Crippen LogP contribution in [0.4, 0.5) is 0 Å². The van der Waals surface area contributed by atoms with E-state index in [1.54, 1.807) is 33.8 Å². The topological polar surface area (TPSA) is 118 Å². The van der Waals surface area contributed by atoms with Gasteiger partial charge in [0, 0.05) is 18.2 Å². The summed E-state index contributed by atoms with van der Waals surface area (Å²) in [6.07, 6.45) is -0.184. The number of benzene rings is 1. The van der Waals surface area contributed by atoms with Gasteiger partial charge in [0.15, 0.2) is 0 Å². The van der Waals surface area contributed by atoms with Gasteiger partial charge in [-0.2, -0.15) is 0 Å². The molecule has 8 heteroatoms. The largest absolute Gasteiger partial charge is 0.481 e. The summed E-state index contributed by atoms with van der Waals surface area (Å²) >= 11 is 0. The predicted octanol–water partition coefficient (Wildman–Crippen LogP) is 1.28. The first-order chi connectivity index (χ1) is 10.4.